The Hall–Kier alpha value is -2.09. The van der Waals surface area contributed by atoms with Crippen molar-refractivity contribution in [1.29, 1.82) is 0 Å². The minimum atomic E-state index is -1.33. The lowest BCUT2D eigenvalue weighted by molar-refractivity contribution is -0.387. The minimum Gasteiger partial charge on any atom is -0.381 e. The van der Waals surface area contributed by atoms with Gasteiger partial charge in [0, 0.05) is 19.8 Å². The molecule has 1 amide bonds. The Morgan fingerprint density at radius 2 is 2.24 bits per heavy atom. The van der Waals surface area contributed by atoms with E-state index in [2.05, 4.69) is 5.32 Å². The maximum absolute atomic E-state index is 13.8. The molecule has 1 N–H and O–H groups in total. The topological polar surface area (TPSA) is 81.5 Å². The monoisotopic (exact) mass is 300 g/mol. The van der Waals surface area contributed by atoms with Crippen molar-refractivity contribution in [2.24, 2.45) is 5.92 Å². The number of carbonyl (C=O) groups excluding carboxylic acids is 1. The number of hydrogen-bond donors (Lipinski definition) is 1. The van der Waals surface area contributed by atoms with E-state index in [0.29, 0.717) is 37.7 Å². The van der Waals surface area contributed by atoms with Crippen molar-refractivity contribution in [3.05, 3.63) is 39.4 Å². The molecule has 21 heavy (non-hydrogen) atoms. The first-order valence-electron chi connectivity index (χ1n) is 6.48. The van der Waals surface area contributed by atoms with Crippen LogP contribution < -0.4 is 5.32 Å². The molecular formula is C13H14F2N2O4. The van der Waals surface area contributed by atoms with Crippen LogP contribution in [0.2, 0.25) is 0 Å². The van der Waals surface area contributed by atoms with E-state index < -0.39 is 33.7 Å². The van der Waals surface area contributed by atoms with E-state index in [1.807, 2.05) is 0 Å². The summed E-state index contributed by atoms with van der Waals surface area (Å²) in [4.78, 5) is 21.3. The van der Waals surface area contributed by atoms with Gasteiger partial charge in [0.1, 0.15) is 5.82 Å². The number of ether oxygens (including phenoxy) is 1. The molecule has 0 bridgehead atoms. The van der Waals surface area contributed by atoms with E-state index >= 15 is 0 Å². The molecule has 1 aliphatic heterocycles. The van der Waals surface area contributed by atoms with Crippen molar-refractivity contribution < 1.29 is 23.2 Å². The first-order chi connectivity index (χ1) is 9.99. The summed E-state index contributed by atoms with van der Waals surface area (Å²) in [6.07, 6.45) is 1.56. The summed E-state index contributed by atoms with van der Waals surface area (Å²) in [6.45, 7) is 1.58. The van der Waals surface area contributed by atoms with Crippen LogP contribution in [-0.4, -0.2) is 30.6 Å². The Bertz CT molecular complexity index is 559. The van der Waals surface area contributed by atoms with Gasteiger partial charge >= 0.3 is 5.69 Å². The van der Waals surface area contributed by atoms with E-state index in [1.165, 1.54) is 0 Å². The van der Waals surface area contributed by atoms with Crippen LogP contribution in [0, 0.1) is 27.7 Å². The summed E-state index contributed by atoms with van der Waals surface area (Å²) in [5.41, 5.74) is -1.71. The molecule has 1 aromatic rings. The summed E-state index contributed by atoms with van der Waals surface area (Å²) >= 11 is 0. The van der Waals surface area contributed by atoms with Gasteiger partial charge < -0.3 is 10.1 Å². The molecule has 1 heterocycles. The number of amides is 1. The summed E-state index contributed by atoms with van der Waals surface area (Å²) in [7, 11) is 0. The SMILES string of the molecule is O=C(NCCC1CCOC1)c1cc(F)cc([N+](=O)[O-])c1F. The summed E-state index contributed by atoms with van der Waals surface area (Å²) < 4.78 is 32.2. The summed E-state index contributed by atoms with van der Waals surface area (Å²) in [6, 6.07) is 1.10. The lowest BCUT2D eigenvalue weighted by Gasteiger charge is -2.09. The number of nitro benzene ring substituents is 1. The molecule has 114 valence electrons. The highest BCUT2D eigenvalue weighted by Crippen LogP contribution is 2.22. The number of carbonyl (C=O) groups is 1. The zero-order valence-corrected chi connectivity index (χ0v) is 11.1. The van der Waals surface area contributed by atoms with Crippen LogP contribution in [0.4, 0.5) is 14.5 Å². The van der Waals surface area contributed by atoms with Gasteiger partial charge in [-0.15, -0.1) is 0 Å². The average Bonchev–Trinajstić information content (AvgIpc) is 2.93. The molecule has 1 aromatic carbocycles. The molecule has 1 saturated heterocycles. The predicted molar refractivity (Wildman–Crippen MR) is 68.9 cm³/mol. The fourth-order valence-corrected chi connectivity index (χ4v) is 2.17. The van der Waals surface area contributed by atoms with Crippen LogP contribution in [0.25, 0.3) is 0 Å². The first kappa shape index (κ1) is 15.3. The minimum absolute atomic E-state index is 0.274. The molecule has 0 saturated carbocycles. The quantitative estimate of drug-likeness (QED) is 0.666. The van der Waals surface area contributed by atoms with Gasteiger partial charge in [0.2, 0.25) is 5.82 Å². The van der Waals surface area contributed by atoms with Crippen molar-refractivity contribution in [2.75, 3.05) is 19.8 Å². The molecule has 0 radical (unpaired) electrons. The van der Waals surface area contributed by atoms with Gasteiger partial charge in [-0.25, -0.2) is 4.39 Å². The zero-order chi connectivity index (χ0) is 15.4. The van der Waals surface area contributed by atoms with E-state index in [4.69, 9.17) is 4.74 Å². The highest BCUT2D eigenvalue weighted by molar-refractivity contribution is 5.95. The Labute approximate surface area is 119 Å². The van der Waals surface area contributed by atoms with Crippen molar-refractivity contribution in [3.8, 4) is 0 Å². The van der Waals surface area contributed by atoms with E-state index in [-0.39, 0.29) is 6.54 Å². The van der Waals surface area contributed by atoms with Gasteiger partial charge in [-0.2, -0.15) is 4.39 Å². The lowest BCUT2D eigenvalue weighted by Crippen LogP contribution is -2.27. The van der Waals surface area contributed by atoms with Crippen LogP contribution >= 0.6 is 0 Å². The summed E-state index contributed by atoms with van der Waals surface area (Å²) in [5, 5.41) is 13.0. The van der Waals surface area contributed by atoms with Gasteiger partial charge in [0.25, 0.3) is 5.91 Å². The fourth-order valence-electron chi connectivity index (χ4n) is 2.17. The molecule has 2 rings (SSSR count). The van der Waals surface area contributed by atoms with Crippen LogP contribution in [0.3, 0.4) is 0 Å². The van der Waals surface area contributed by atoms with Gasteiger partial charge in [0.15, 0.2) is 0 Å². The normalized spacial score (nSPS) is 17.7. The van der Waals surface area contributed by atoms with Crippen LogP contribution in [0.1, 0.15) is 23.2 Å². The molecular weight excluding hydrogens is 286 g/mol. The first-order valence-corrected chi connectivity index (χ1v) is 6.48. The van der Waals surface area contributed by atoms with Crippen molar-refractivity contribution in [1.82, 2.24) is 5.32 Å². The average molecular weight is 300 g/mol. The van der Waals surface area contributed by atoms with Crippen molar-refractivity contribution in [3.63, 3.8) is 0 Å². The number of hydrogen-bond acceptors (Lipinski definition) is 4. The van der Waals surface area contributed by atoms with Crippen LogP contribution in [-0.2, 0) is 4.74 Å². The van der Waals surface area contributed by atoms with Crippen molar-refractivity contribution in [2.45, 2.75) is 12.8 Å². The molecule has 0 aromatic heterocycles. The second-order valence-corrected chi connectivity index (χ2v) is 4.82. The highest BCUT2D eigenvalue weighted by Gasteiger charge is 2.24. The molecule has 1 unspecified atom stereocenters. The maximum Gasteiger partial charge on any atom is 0.308 e. The molecule has 8 heteroatoms. The van der Waals surface area contributed by atoms with Crippen LogP contribution in [0.5, 0.6) is 0 Å². The Balaban J connectivity index is 2.02. The van der Waals surface area contributed by atoms with Crippen LogP contribution in [0.15, 0.2) is 12.1 Å². The van der Waals surface area contributed by atoms with Gasteiger partial charge in [-0.1, -0.05) is 0 Å². The second kappa shape index (κ2) is 6.57. The highest BCUT2D eigenvalue weighted by atomic mass is 19.1. The number of benzene rings is 1. The Kier molecular flexibility index (Phi) is 4.79. The van der Waals surface area contributed by atoms with Gasteiger partial charge in [0.05, 0.1) is 16.6 Å². The smallest absolute Gasteiger partial charge is 0.308 e. The largest absolute Gasteiger partial charge is 0.381 e. The van der Waals surface area contributed by atoms with E-state index in [9.17, 15) is 23.7 Å². The Morgan fingerprint density at radius 1 is 1.48 bits per heavy atom. The van der Waals surface area contributed by atoms with Gasteiger partial charge in [-0.3, -0.25) is 14.9 Å². The van der Waals surface area contributed by atoms with E-state index in [1.54, 1.807) is 0 Å². The third kappa shape index (κ3) is 3.72. The maximum atomic E-state index is 13.8. The number of nitrogens with one attached hydrogen (secondary N) is 1. The third-order valence-electron chi connectivity index (χ3n) is 3.32. The number of rotatable bonds is 5. The summed E-state index contributed by atoms with van der Waals surface area (Å²) in [5.74, 6) is -2.90. The molecule has 6 nitrogen and oxygen atoms in total. The molecule has 1 fully saturated rings. The molecule has 1 atom stereocenters. The predicted octanol–water partition coefficient (Wildman–Crippen LogP) is 2.03. The molecule has 0 aliphatic carbocycles. The number of halogens is 2. The van der Waals surface area contributed by atoms with Crippen molar-refractivity contribution >= 4 is 11.6 Å². The lowest BCUT2D eigenvalue weighted by atomic mass is 10.1. The zero-order valence-electron chi connectivity index (χ0n) is 11.1. The molecule has 1 aliphatic rings. The van der Waals surface area contributed by atoms with E-state index in [0.717, 1.165) is 6.42 Å². The third-order valence-corrected chi connectivity index (χ3v) is 3.32. The second-order valence-electron chi connectivity index (χ2n) is 4.82. The van der Waals surface area contributed by atoms with Gasteiger partial charge in [-0.05, 0) is 24.8 Å². The number of nitro groups is 1. The Morgan fingerprint density at radius 3 is 2.86 bits per heavy atom. The number of nitrogens with zero attached hydrogens (tertiary/aromatic N) is 1. The molecule has 0 spiro atoms. The fraction of sp³-hybridized carbons (Fsp3) is 0.462. The standard InChI is InChI=1S/C13H14F2N2O4/c14-9-5-10(12(15)11(6-9)17(19)20)13(18)16-3-1-8-2-4-21-7-8/h5-6,8H,1-4,7H2,(H,16,18).